The van der Waals surface area contributed by atoms with Crippen molar-refractivity contribution in [3.8, 4) is 11.5 Å². The summed E-state index contributed by atoms with van der Waals surface area (Å²) < 4.78 is 15.9. The molecule has 1 aromatic carbocycles. The smallest absolute Gasteiger partial charge is 0.254 e. The first kappa shape index (κ1) is 14.9. The molecule has 1 aliphatic heterocycles. The molecule has 0 atom stereocenters. The van der Waals surface area contributed by atoms with Gasteiger partial charge in [0.25, 0.3) is 5.91 Å². The summed E-state index contributed by atoms with van der Waals surface area (Å²) in [4.78, 5) is 14.1. The van der Waals surface area contributed by atoms with Crippen LogP contribution in [0.25, 0.3) is 0 Å². The van der Waals surface area contributed by atoms with Gasteiger partial charge in [0.2, 0.25) is 0 Å². The number of alkyl halides is 1. The van der Waals surface area contributed by atoms with Crippen molar-refractivity contribution in [2.75, 3.05) is 45.9 Å². The van der Waals surface area contributed by atoms with E-state index in [9.17, 15) is 4.79 Å². The molecule has 20 heavy (non-hydrogen) atoms. The Morgan fingerprint density at radius 1 is 1.30 bits per heavy atom. The van der Waals surface area contributed by atoms with Crippen molar-refractivity contribution < 1.29 is 19.0 Å². The maximum atomic E-state index is 12.4. The third-order valence-corrected chi connectivity index (χ3v) is 3.17. The largest absolute Gasteiger partial charge is 0.486 e. The normalized spacial score (nSPS) is 13.1. The first-order valence-electron chi connectivity index (χ1n) is 6.50. The van der Waals surface area contributed by atoms with Gasteiger partial charge < -0.3 is 19.1 Å². The molecule has 1 aromatic rings. The van der Waals surface area contributed by atoms with Gasteiger partial charge in [-0.15, -0.1) is 11.6 Å². The van der Waals surface area contributed by atoms with E-state index in [0.717, 1.165) is 0 Å². The fraction of sp³-hybridized carbons (Fsp3) is 0.500. The average molecular weight is 300 g/mol. The van der Waals surface area contributed by atoms with E-state index in [1.807, 2.05) is 0 Å². The van der Waals surface area contributed by atoms with Crippen LogP contribution in [0.2, 0.25) is 0 Å². The summed E-state index contributed by atoms with van der Waals surface area (Å²) in [6, 6.07) is 5.21. The Labute approximate surface area is 123 Å². The number of carbonyl (C=O) groups is 1. The molecule has 0 radical (unpaired) electrons. The standard InChI is InChI=1S/C14H18ClNO4/c1-18-7-6-16(5-4-15)14(17)11-2-3-12-13(10-11)20-9-8-19-12/h2-3,10H,4-9H2,1H3. The number of fused-ring (bicyclic) bond motifs is 1. The highest BCUT2D eigenvalue weighted by molar-refractivity contribution is 6.18. The summed E-state index contributed by atoms with van der Waals surface area (Å²) >= 11 is 5.74. The summed E-state index contributed by atoms with van der Waals surface area (Å²) in [6.07, 6.45) is 0. The Bertz CT molecular complexity index is 466. The molecule has 0 aliphatic carbocycles. The molecule has 0 N–H and O–H groups in total. The third-order valence-electron chi connectivity index (χ3n) is 3.00. The lowest BCUT2D eigenvalue weighted by atomic mass is 10.1. The van der Waals surface area contributed by atoms with Crippen molar-refractivity contribution in [3.63, 3.8) is 0 Å². The van der Waals surface area contributed by atoms with Crippen LogP contribution in [0.3, 0.4) is 0 Å². The molecule has 110 valence electrons. The minimum absolute atomic E-state index is 0.0836. The molecular formula is C14H18ClNO4. The lowest BCUT2D eigenvalue weighted by molar-refractivity contribution is 0.0706. The van der Waals surface area contributed by atoms with Crippen molar-refractivity contribution in [1.82, 2.24) is 4.90 Å². The highest BCUT2D eigenvalue weighted by Gasteiger charge is 2.19. The number of amides is 1. The molecule has 6 heteroatoms. The van der Waals surface area contributed by atoms with Gasteiger partial charge in [-0.05, 0) is 18.2 Å². The van der Waals surface area contributed by atoms with Crippen molar-refractivity contribution in [1.29, 1.82) is 0 Å². The summed E-state index contributed by atoms with van der Waals surface area (Å²) in [5.74, 6) is 1.59. The highest BCUT2D eigenvalue weighted by Crippen LogP contribution is 2.31. The van der Waals surface area contributed by atoms with E-state index < -0.39 is 0 Å². The van der Waals surface area contributed by atoms with Gasteiger partial charge in [-0.2, -0.15) is 0 Å². The van der Waals surface area contributed by atoms with E-state index in [1.54, 1.807) is 30.2 Å². The Morgan fingerprint density at radius 2 is 2.05 bits per heavy atom. The second kappa shape index (κ2) is 7.36. The summed E-state index contributed by atoms with van der Waals surface area (Å²) in [7, 11) is 1.60. The fourth-order valence-corrected chi connectivity index (χ4v) is 2.18. The zero-order valence-corrected chi connectivity index (χ0v) is 12.2. The third kappa shape index (κ3) is 3.55. The predicted octanol–water partition coefficient (Wildman–Crippen LogP) is 1.79. The Kier molecular flexibility index (Phi) is 5.49. The monoisotopic (exact) mass is 299 g/mol. The minimum Gasteiger partial charge on any atom is -0.486 e. The van der Waals surface area contributed by atoms with Crippen molar-refractivity contribution in [2.45, 2.75) is 0 Å². The topological polar surface area (TPSA) is 48.0 Å². The number of halogens is 1. The number of ether oxygens (including phenoxy) is 3. The Morgan fingerprint density at radius 3 is 2.75 bits per heavy atom. The van der Waals surface area contributed by atoms with Gasteiger partial charge in [0.1, 0.15) is 13.2 Å². The second-order valence-corrected chi connectivity index (χ2v) is 4.71. The molecule has 1 heterocycles. The highest BCUT2D eigenvalue weighted by atomic mass is 35.5. The van der Waals surface area contributed by atoms with Crippen LogP contribution in [0.5, 0.6) is 11.5 Å². The number of rotatable bonds is 6. The Hall–Kier alpha value is -1.46. The first-order chi connectivity index (χ1) is 9.76. The number of carbonyl (C=O) groups excluding carboxylic acids is 1. The zero-order chi connectivity index (χ0) is 14.4. The van der Waals surface area contributed by atoms with Crippen LogP contribution >= 0.6 is 11.6 Å². The van der Waals surface area contributed by atoms with Crippen molar-refractivity contribution >= 4 is 17.5 Å². The summed E-state index contributed by atoms with van der Waals surface area (Å²) in [6.45, 7) is 2.51. The minimum atomic E-state index is -0.0836. The van der Waals surface area contributed by atoms with Crippen LogP contribution in [0.1, 0.15) is 10.4 Å². The molecule has 2 rings (SSSR count). The van der Waals surface area contributed by atoms with E-state index in [-0.39, 0.29) is 5.91 Å². The predicted molar refractivity (Wildman–Crippen MR) is 75.9 cm³/mol. The Balaban J connectivity index is 2.13. The molecule has 5 nitrogen and oxygen atoms in total. The van der Waals surface area contributed by atoms with Gasteiger partial charge in [-0.1, -0.05) is 0 Å². The molecule has 0 bridgehead atoms. The van der Waals surface area contributed by atoms with Crippen LogP contribution in [0, 0.1) is 0 Å². The van der Waals surface area contributed by atoms with Gasteiger partial charge in [0.15, 0.2) is 11.5 Å². The van der Waals surface area contributed by atoms with E-state index in [4.69, 9.17) is 25.8 Å². The zero-order valence-electron chi connectivity index (χ0n) is 11.4. The van der Waals surface area contributed by atoms with Crippen LogP contribution in [0.15, 0.2) is 18.2 Å². The van der Waals surface area contributed by atoms with Gasteiger partial charge in [0.05, 0.1) is 6.61 Å². The molecule has 1 aliphatic rings. The van der Waals surface area contributed by atoms with E-state index in [2.05, 4.69) is 0 Å². The molecule has 0 spiro atoms. The lowest BCUT2D eigenvalue weighted by Gasteiger charge is -2.23. The van der Waals surface area contributed by atoms with Crippen LogP contribution in [-0.2, 0) is 4.74 Å². The van der Waals surface area contributed by atoms with Crippen LogP contribution in [-0.4, -0.2) is 56.7 Å². The van der Waals surface area contributed by atoms with Gasteiger partial charge in [0, 0.05) is 31.6 Å². The molecule has 0 aromatic heterocycles. The van der Waals surface area contributed by atoms with Crippen LogP contribution < -0.4 is 9.47 Å². The fourth-order valence-electron chi connectivity index (χ4n) is 1.98. The molecule has 0 fully saturated rings. The van der Waals surface area contributed by atoms with E-state index >= 15 is 0 Å². The summed E-state index contributed by atoms with van der Waals surface area (Å²) in [5.41, 5.74) is 0.565. The maximum Gasteiger partial charge on any atom is 0.254 e. The lowest BCUT2D eigenvalue weighted by Crippen LogP contribution is -2.35. The van der Waals surface area contributed by atoms with E-state index in [1.165, 1.54) is 0 Å². The number of nitrogens with zero attached hydrogens (tertiary/aromatic N) is 1. The number of hydrogen-bond acceptors (Lipinski definition) is 4. The second-order valence-electron chi connectivity index (χ2n) is 4.33. The number of hydrogen-bond donors (Lipinski definition) is 0. The van der Waals surface area contributed by atoms with Gasteiger partial charge in [-0.25, -0.2) is 0 Å². The quantitative estimate of drug-likeness (QED) is 0.751. The van der Waals surface area contributed by atoms with Gasteiger partial charge >= 0.3 is 0 Å². The number of benzene rings is 1. The molecule has 0 saturated carbocycles. The molecular weight excluding hydrogens is 282 g/mol. The average Bonchev–Trinajstić information content (AvgIpc) is 2.50. The number of methoxy groups -OCH3 is 1. The SMILES string of the molecule is COCCN(CCCl)C(=O)c1ccc2c(c1)OCCO2. The van der Waals surface area contributed by atoms with Crippen molar-refractivity contribution in [2.24, 2.45) is 0 Å². The summed E-state index contributed by atoms with van der Waals surface area (Å²) in [5, 5.41) is 0. The molecule has 1 amide bonds. The molecule has 0 saturated heterocycles. The molecule has 0 unspecified atom stereocenters. The first-order valence-corrected chi connectivity index (χ1v) is 7.03. The maximum absolute atomic E-state index is 12.4. The van der Waals surface area contributed by atoms with Crippen LogP contribution in [0.4, 0.5) is 0 Å². The van der Waals surface area contributed by atoms with E-state index in [0.29, 0.717) is 55.9 Å². The van der Waals surface area contributed by atoms with Gasteiger partial charge in [-0.3, -0.25) is 4.79 Å². The van der Waals surface area contributed by atoms with Crippen molar-refractivity contribution in [3.05, 3.63) is 23.8 Å².